The van der Waals surface area contributed by atoms with Crippen molar-refractivity contribution in [1.29, 1.82) is 0 Å². The van der Waals surface area contributed by atoms with E-state index in [0.29, 0.717) is 17.9 Å². The van der Waals surface area contributed by atoms with Gasteiger partial charge in [0.15, 0.2) is 5.76 Å². The monoisotopic (exact) mass is 455 g/mol. The predicted octanol–water partition coefficient (Wildman–Crippen LogP) is 3.45. The van der Waals surface area contributed by atoms with Crippen LogP contribution >= 0.6 is 0 Å². The second kappa shape index (κ2) is 12.1. The topological polar surface area (TPSA) is 101 Å². The number of nitrogens with one attached hydrogen (secondary N) is 2. The van der Waals surface area contributed by atoms with E-state index in [9.17, 15) is 14.4 Å². The maximum atomic E-state index is 13.4. The largest absolute Gasteiger partial charge is 0.497 e. The number of carbonyl (C=O) groups is 3. The fourth-order valence-electron chi connectivity index (χ4n) is 4.09. The molecule has 0 saturated heterocycles. The summed E-state index contributed by atoms with van der Waals surface area (Å²) in [5.41, 5.74) is 0.702. The molecule has 33 heavy (non-hydrogen) atoms. The summed E-state index contributed by atoms with van der Waals surface area (Å²) in [5, 5.41) is 5.74. The summed E-state index contributed by atoms with van der Waals surface area (Å²) in [7, 11) is 1.58. The molecule has 0 aliphatic heterocycles. The number of amides is 3. The lowest BCUT2D eigenvalue weighted by Crippen LogP contribution is -2.49. The zero-order valence-electron chi connectivity index (χ0n) is 19.3. The Morgan fingerprint density at radius 3 is 2.48 bits per heavy atom. The van der Waals surface area contributed by atoms with Gasteiger partial charge in [0.25, 0.3) is 5.91 Å². The molecule has 1 aromatic heterocycles. The Kier molecular flexibility index (Phi) is 8.92. The van der Waals surface area contributed by atoms with Crippen LogP contribution in [0.4, 0.5) is 0 Å². The number of hydrogen-bond acceptors (Lipinski definition) is 5. The average molecular weight is 456 g/mol. The van der Waals surface area contributed by atoms with Crippen molar-refractivity contribution in [2.45, 2.75) is 57.5 Å². The Morgan fingerprint density at radius 2 is 1.88 bits per heavy atom. The standard InChI is InChI=1S/C25H33N3O5/c1-3-4-15-28(22(29)17-26-24(30)21-10-7-16-33-21)23(18-11-13-20(32-2)14-12-18)25(31)27-19-8-5-6-9-19/h7,10-14,16,19,23H,3-6,8-9,15,17H2,1-2H3,(H,26,30)(H,27,31)/t23-/m1/s1. The summed E-state index contributed by atoms with van der Waals surface area (Å²) in [4.78, 5) is 40.5. The Balaban J connectivity index is 1.82. The highest BCUT2D eigenvalue weighted by atomic mass is 16.5. The van der Waals surface area contributed by atoms with Crippen LogP contribution in [0.5, 0.6) is 5.75 Å². The highest BCUT2D eigenvalue weighted by molar-refractivity contribution is 5.95. The van der Waals surface area contributed by atoms with Gasteiger partial charge in [-0.3, -0.25) is 14.4 Å². The molecule has 8 heteroatoms. The van der Waals surface area contributed by atoms with Gasteiger partial charge < -0.3 is 24.7 Å². The van der Waals surface area contributed by atoms with E-state index in [1.807, 2.05) is 19.1 Å². The molecule has 0 radical (unpaired) electrons. The van der Waals surface area contributed by atoms with Crippen molar-refractivity contribution in [2.75, 3.05) is 20.2 Å². The Hall–Kier alpha value is -3.29. The smallest absolute Gasteiger partial charge is 0.287 e. The van der Waals surface area contributed by atoms with E-state index in [4.69, 9.17) is 9.15 Å². The Morgan fingerprint density at radius 1 is 1.15 bits per heavy atom. The van der Waals surface area contributed by atoms with E-state index < -0.39 is 11.9 Å². The van der Waals surface area contributed by atoms with Crippen molar-refractivity contribution in [2.24, 2.45) is 0 Å². The highest BCUT2D eigenvalue weighted by Gasteiger charge is 2.33. The van der Waals surface area contributed by atoms with Crippen LogP contribution < -0.4 is 15.4 Å². The minimum Gasteiger partial charge on any atom is -0.497 e. The number of methoxy groups -OCH3 is 1. The van der Waals surface area contributed by atoms with Crippen molar-refractivity contribution in [3.8, 4) is 5.75 Å². The molecule has 1 saturated carbocycles. The summed E-state index contributed by atoms with van der Waals surface area (Å²) >= 11 is 0. The molecule has 178 valence electrons. The highest BCUT2D eigenvalue weighted by Crippen LogP contribution is 2.26. The van der Waals surface area contributed by atoms with E-state index in [0.717, 1.165) is 38.5 Å². The molecule has 1 fully saturated rings. The van der Waals surface area contributed by atoms with Crippen LogP contribution in [-0.4, -0.2) is 48.9 Å². The molecule has 0 spiro atoms. The molecule has 1 aliphatic carbocycles. The molecular weight excluding hydrogens is 422 g/mol. The van der Waals surface area contributed by atoms with Crippen LogP contribution in [0.1, 0.15) is 67.6 Å². The van der Waals surface area contributed by atoms with Crippen molar-refractivity contribution in [3.63, 3.8) is 0 Å². The van der Waals surface area contributed by atoms with Crippen molar-refractivity contribution >= 4 is 17.7 Å². The van der Waals surface area contributed by atoms with E-state index >= 15 is 0 Å². The number of ether oxygens (including phenoxy) is 1. The van der Waals surface area contributed by atoms with E-state index in [2.05, 4.69) is 10.6 Å². The van der Waals surface area contributed by atoms with Crippen LogP contribution in [0, 0.1) is 0 Å². The molecule has 2 N–H and O–H groups in total. The maximum absolute atomic E-state index is 13.4. The minimum atomic E-state index is -0.795. The molecule has 1 atom stereocenters. The number of unbranched alkanes of at least 4 members (excludes halogenated alkanes) is 1. The van der Waals surface area contributed by atoms with Crippen LogP contribution in [0.2, 0.25) is 0 Å². The molecule has 3 rings (SSSR count). The summed E-state index contributed by atoms with van der Waals surface area (Å²) in [6, 6.07) is 9.66. The number of hydrogen-bond donors (Lipinski definition) is 2. The third-order valence-corrected chi connectivity index (χ3v) is 5.91. The molecule has 3 amide bonds. The van der Waals surface area contributed by atoms with Crippen molar-refractivity contribution in [3.05, 3.63) is 54.0 Å². The first-order valence-electron chi connectivity index (χ1n) is 11.6. The summed E-state index contributed by atoms with van der Waals surface area (Å²) in [5.74, 6) is -0.195. The summed E-state index contributed by atoms with van der Waals surface area (Å²) in [6.07, 6.45) is 7.08. The zero-order chi connectivity index (χ0) is 23.6. The van der Waals surface area contributed by atoms with E-state index in [-0.39, 0.29) is 30.2 Å². The fraction of sp³-hybridized carbons (Fsp3) is 0.480. The van der Waals surface area contributed by atoms with Gasteiger partial charge in [-0.2, -0.15) is 0 Å². The SMILES string of the molecule is CCCCN(C(=O)CNC(=O)c1ccco1)[C@@H](C(=O)NC1CCCC1)c1ccc(OC)cc1. The zero-order valence-corrected chi connectivity index (χ0v) is 19.3. The molecule has 8 nitrogen and oxygen atoms in total. The molecule has 1 aromatic carbocycles. The van der Waals surface area contributed by atoms with Gasteiger partial charge in [0.2, 0.25) is 11.8 Å². The third-order valence-electron chi connectivity index (χ3n) is 5.91. The Bertz CT molecular complexity index is 905. The van der Waals surface area contributed by atoms with Gasteiger partial charge in [0.05, 0.1) is 19.9 Å². The molecule has 2 aromatic rings. The average Bonchev–Trinajstić information content (AvgIpc) is 3.54. The third kappa shape index (κ3) is 6.60. The minimum absolute atomic E-state index is 0.125. The van der Waals surface area contributed by atoms with Crippen LogP contribution in [0.15, 0.2) is 47.1 Å². The second-order valence-corrected chi connectivity index (χ2v) is 8.27. The number of carbonyl (C=O) groups excluding carboxylic acids is 3. The molecule has 0 bridgehead atoms. The molecule has 0 unspecified atom stereocenters. The number of rotatable bonds is 11. The number of furan rings is 1. The Labute approximate surface area is 194 Å². The van der Waals surface area contributed by atoms with Crippen LogP contribution in [-0.2, 0) is 9.59 Å². The van der Waals surface area contributed by atoms with Gasteiger partial charge in [0, 0.05) is 12.6 Å². The van der Waals surface area contributed by atoms with Gasteiger partial charge >= 0.3 is 0 Å². The first kappa shape index (κ1) is 24.4. The van der Waals surface area contributed by atoms with Crippen LogP contribution in [0.3, 0.4) is 0 Å². The molecular formula is C25H33N3O5. The first-order chi connectivity index (χ1) is 16.0. The lowest BCUT2D eigenvalue weighted by Gasteiger charge is -2.32. The molecule has 1 aliphatic rings. The second-order valence-electron chi connectivity index (χ2n) is 8.27. The fourth-order valence-corrected chi connectivity index (χ4v) is 4.09. The van der Waals surface area contributed by atoms with Crippen molar-refractivity contribution < 1.29 is 23.5 Å². The lowest BCUT2D eigenvalue weighted by molar-refractivity contribution is -0.140. The maximum Gasteiger partial charge on any atom is 0.287 e. The normalized spacial score (nSPS) is 14.5. The van der Waals surface area contributed by atoms with E-state index in [1.54, 1.807) is 30.2 Å². The van der Waals surface area contributed by atoms with E-state index in [1.165, 1.54) is 12.3 Å². The quantitative estimate of drug-likeness (QED) is 0.541. The number of nitrogens with zero attached hydrogens (tertiary/aromatic N) is 1. The lowest BCUT2D eigenvalue weighted by atomic mass is 10.0. The summed E-state index contributed by atoms with van der Waals surface area (Å²) < 4.78 is 10.3. The van der Waals surface area contributed by atoms with Crippen molar-refractivity contribution in [1.82, 2.24) is 15.5 Å². The van der Waals surface area contributed by atoms with Gasteiger partial charge in [-0.15, -0.1) is 0 Å². The van der Waals surface area contributed by atoms with Gasteiger partial charge in [-0.25, -0.2) is 0 Å². The number of benzene rings is 1. The molecule has 1 heterocycles. The first-order valence-corrected chi connectivity index (χ1v) is 11.6. The van der Waals surface area contributed by atoms with Gasteiger partial charge in [-0.1, -0.05) is 38.3 Å². The van der Waals surface area contributed by atoms with Gasteiger partial charge in [-0.05, 0) is 49.1 Å². The summed E-state index contributed by atoms with van der Waals surface area (Å²) in [6.45, 7) is 2.20. The predicted molar refractivity (Wildman–Crippen MR) is 124 cm³/mol. The van der Waals surface area contributed by atoms with Gasteiger partial charge in [0.1, 0.15) is 11.8 Å². The van der Waals surface area contributed by atoms with Crippen LogP contribution in [0.25, 0.3) is 0 Å².